The average molecular weight is 324 g/mol. The van der Waals surface area contributed by atoms with Gasteiger partial charge < -0.3 is 14.2 Å². The molecule has 0 aliphatic heterocycles. The normalized spacial score (nSPS) is 10.8. The minimum Gasteiger partial charge on any atom is -0.489 e. The Balaban J connectivity index is 1.84. The van der Waals surface area contributed by atoms with Crippen LogP contribution in [0.4, 0.5) is 0 Å². The summed E-state index contributed by atoms with van der Waals surface area (Å²) in [6.07, 6.45) is 2.94. The lowest BCUT2D eigenvalue weighted by atomic mass is 10.3. The summed E-state index contributed by atoms with van der Waals surface area (Å²) in [4.78, 5) is 11.4. The zero-order chi connectivity index (χ0) is 17.2. The van der Waals surface area contributed by atoms with Gasteiger partial charge >= 0.3 is 5.97 Å². The van der Waals surface area contributed by atoms with Crippen molar-refractivity contribution in [1.82, 2.24) is 0 Å². The third-order valence-electron chi connectivity index (χ3n) is 2.98. The van der Waals surface area contributed by atoms with Crippen LogP contribution >= 0.6 is 0 Å². The van der Waals surface area contributed by atoms with Gasteiger partial charge in [-0.05, 0) is 48.9 Å². The fraction of sp³-hybridized carbons (Fsp3) is 0.150. The molecule has 0 aromatic heterocycles. The molecule has 0 unspecified atom stereocenters. The molecule has 4 nitrogen and oxygen atoms in total. The molecule has 2 aromatic rings. The minimum absolute atomic E-state index is 0.201. The van der Waals surface area contributed by atoms with Crippen molar-refractivity contribution in [3.8, 4) is 17.2 Å². The highest BCUT2D eigenvalue weighted by Gasteiger charge is 2.01. The Bertz CT molecular complexity index is 687. The van der Waals surface area contributed by atoms with Crippen LogP contribution in [0.1, 0.15) is 6.92 Å². The highest BCUT2D eigenvalue weighted by Crippen LogP contribution is 2.23. The predicted octanol–water partition coefficient (Wildman–Crippen LogP) is 4.53. The van der Waals surface area contributed by atoms with Crippen LogP contribution < -0.4 is 9.47 Å². The maximum Gasteiger partial charge on any atom is 0.331 e. The highest BCUT2D eigenvalue weighted by molar-refractivity contribution is 5.82. The van der Waals surface area contributed by atoms with Crippen LogP contribution in [0.15, 0.2) is 78.9 Å². The van der Waals surface area contributed by atoms with Crippen LogP contribution in [0, 0.1) is 0 Å². The van der Waals surface area contributed by atoms with Crippen LogP contribution in [-0.2, 0) is 9.53 Å². The number of carbonyl (C=O) groups excluding carboxylic acids is 1. The molecule has 0 saturated carbocycles. The molecule has 0 aliphatic carbocycles. The Morgan fingerprint density at radius 1 is 1.00 bits per heavy atom. The van der Waals surface area contributed by atoms with Crippen molar-refractivity contribution in [3.63, 3.8) is 0 Å². The van der Waals surface area contributed by atoms with E-state index in [4.69, 9.17) is 14.2 Å². The van der Waals surface area contributed by atoms with Crippen LogP contribution in [0.2, 0.25) is 0 Å². The number of benzene rings is 2. The number of esters is 1. The number of hydrogen-bond donors (Lipinski definition) is 0. The number of hydrogen-bond acceptors (Lipinski definition) is 4. The van der Waals surface area contributed by atoms with Gasteiger partial charge in [0.15, 0.2) is 0 Å². The molecule has 0 fully saturated rings. The van der Waals surface area contributed by atoms with Gasteiger partial charge in [-0.1, -0.05) is 30.9 Å². The van der Waals surface area contributed by atoms with Gasteiger partial charge in [-0.3, -0.25) is 0 Å². The van der Waals surface area contributed by atoms with Crippen LogP contribution in [0.25, 0.3) is 0 Å². The number of ether oxygens (including phenoxy) is 3. The molecule has 4 heteroatoms. The molecule has 2 aromatic carbocycles. The molecule has 2 rings (SSSR count). The maximum absolute atomic E-state index is 11.4. The third kappa shape index (κ3) is 6.01. The van der Waals surface area contributed by atoms with E-state index in [0.717, 1.165) is 17.1 Å². The van der Waals surface area contributed by atoms with E-state index in [1.54, 1.807) is 0 Å². The highest BCUT2D eigenvalue weighted by atomic mass is 16.5. The van der Waals surface area contributed by atoms with Crippen molar-refractivity contribution in [1.29, 1.82) is 0 Å². The Morgan fingerprint density at radius 3 is 2.29 bits per heavy atom. The molecule has 0 atom stereocenters. The Morgan fingerprint density at radius 2 is 1.62 bits per heavy atom. The minimum atomic E-state index is -0.400. The molecular weight excluding hydrogens is 304 g/mol. The van der Waals surface area contributed by atoms with Gasteiger partial charge in [0.25, 0.3) is 0 Å². The van der Waals surface area contributed by atoms with E-state index in [-0.39, 0.29) is 6.61 Å². The largest absolute Gasteiger partial charge is 0.489 e. The van der Waals surface area contributed by atoms with Gasteiger partial charge in [0.1, 0.15) is 30.5 Å². The summed E-state index contributed by atoms with van der Waals surface area (Å²) in [5.74, 6) is 1.81. The van der Waals surface area contributed by atoms with Crippen molar-refractivity contribution in [2.45, 2.75) is 6.92 Å². The molecule has 0 radical (unpaired) electrons. The van der Waals surface area contributed by atoms with Crippen molar-refractivity contribution in [2.24, 2.45) is 0 Å². The molecule has 24 heavy (non-hydrogen) atoms. The van der Waals surface area contributed by atoms with Crippen molar-refractivity contribution in [3.05, 3.63) is 78.9 Å². The number of carbonyl (C=O) groups is 1. The van der Waals surface area contributed by atoms with E-state index in [9.17, 15) is 4.79 Å². The first-order valence-electron chi connectivity index (χ1n) is 7.58. The molecule has 0 N–H and O–H groups in total. The summed E-state index contributed by atoms with van der Waals surface area (Å²) in [7, 11) is 0. The van der Waals surface area contributed by atoms with E-state index in [1.165, 1.54) is 12.2 Å². The van der Waals surface area contributed by atoms with E-state index in [1.807, 2.05) is 61.5 Å². The first kappa shape index (κ1) is 17.3. The molecule has 0 heterocycles. The molecular formula is C20H20O4. The summed E-state index contributed by atoms with van der Waals surface area (Å²) in [6.45, 7) is 5.80. The molecule has 0 bridgehead atoms. The van der Waals surface area contributed by atoms with Crippen LogP contribution in [-0.4, -0.2) is 19.2 Å². The van der Waals surface area contributed by atoms with Crippen LogP contribution in [0.3, 0.4) is 0 Å². The first-order chi connectivity index (χ1) is 11.7. The standard InChI is InChI=1S/C20H20O4/c1-3-13-22-20(21)14-16(2)15-23-17-9-11-19(12-10-17)24-18-7-5-4-6-8-18/h3-12,14H,1,13,15H2,2H3. The number of rotatable bonds is 8. The van der Waals surface area contributed by atoms with Crippen molar-refractivity contribution < 1.29 is 19.0 Å². The Hall–Kier alpha value is -3.01. The molecule has 0 saturated heterocycles. The smallest absolute Gasteiger partial charge is 0.331 e. The zero-order valence-corrected chi connectivity index (χ0v) is 13.6. The van der Waals surface area contributed by atoms with E-state index < -0.39 is 5.97 Å². The van der Waals surface area contributed by atoms with Crippen molar-refractivity contribution in [2.75, 3.05) is 13.2 Å². The SMILES string of the molecule is C=CCOC(=O)C=C(C)COc1ccc(Oc2ccccc2)cc1. The summed E-state index contributed by atoms with van der Waals surface area (Å²) >= 11 is 0. The zero-order valence-electron chi connectivity index (χ0n) is 13.6. The first-order valence-corrected chi connectivity index (χ1v) is 7.58. The second-order valence-corrected chi connectivity index (χ2v) is 5.08. The lowest BCUT2D eigenvalue weighted by Gasteiger charge is -2.09. The molecule has 0 aliphatic rings. The number of para-hydroxylation sites is 1. The Kier molecular flexibility index (Phi) is 6.65. The fourth-order valence-electron chi connectivity index (χ4n) is 1.85. The molecule has 0 amide bonds. The van der Waals surface area contributed by atoms with E-state index in [2.05, 4.69) is 6.58 Å². The van der Waals surface area contributed by atoms with Gasteiger partial charge in [0.2, 0.25) is 0 Å². The van der Waals surface area contributed by atoms with Gasteiger partial charge in [0.05, 0.1) is 0 Å². The summed E-state index contributed by atoms with van der Waals surface area (Å²) < 4.78 is 16.2. The summed E-state index contributed by atoms with van der Waals surface area (Å²) in [6, 6.07) is 16.9. The van der Waals surface area contributed by atoms with Gasteiger partial charge in [-0.15, -0.1) is 0 Å². The summed E-state index contributed by atoms with van der Waals surface area (Å²) in [5, 5.41) is 0. The monoisotopic (exact) mass is 324 g/mol. The van der Waals surface area contributed by atoms with Crippen LogP contribution in [0.5, 0.6) is 17.2 Å². The molecule has 0 spiro atoms. The van der Waals surface area contributed by atoms with Gasteiger partial charge in [0, 0.05) is 6.08 Å². The lowest BCUT2D eigenvalue weighted by Crippen LogP contribution is -2.05. The second kappa shape index (κ2) is 9.20. The maximum atomic E-state index is 11.4. The predicted molar refractivity (Wildman–Crippen MR) is 93.4 cm³/mol. The summed E-state index contributed by atoms with van der Waals surface area (Å²) in [5.41, 5.74) is 0.772. The van der Waals surface area contributed by atoms with Gasteiger partial charge in [-0.2, -0.15) is 0 Å². The quantitative estimate of drug-likeness (QED) is 0.406. The lowest BCUT2D eigenvalue weighted by molar-refractivity contribution is -0.136. The second-order valence-electron chi connectivity index (χ2n) is 5.08. The third-order valence-corrected chi connectivity index (χ3v) is 2.98. The Labute approximate surface area is 142 Å². The topological polar surface area (TPSA) is 44.8 Å². The van der Waals surface area contributed by atoms with Gasteiger partial charge in [-0.25, -0.2) is 4.79 Å². The fourth-order valence-corrected chi connectivity index (χ4v) is 1.85. The van der Waals surface area contributed by atoms with E-state index in [0.29, 0.717) is 12.4 Å². The average Bonchev–Trinajstić information content (AvgIpc) is 2.60. The molecule has 124 valence electrons. The van der Waals surface area contributed by atoms with Crippen molar-refractivity contribution >= 4 is 5.97 Å². The van der Waals surface area contributed by atoms with E-state index >= 15 is 0 Å².